The predicted molar refractivity (Wildman–Crippen MR) is 66.3 cm³/mol. The monoisotopic (exact) mass is 251 g/mol. The van der Waals surface area contributed by atoms with Crippen LogP contribution in [0.5, 0.6) is 0 Å². The van der Waals surface area contributed by atoms with Gasteiger partial charge >= 0.3 is 0 Å². The van der Waals surface area contributed by atoms with Gasteiger partial charge in [0.05, 0.1) is 6.04 Å². The van der Waals surface area contributed by atoms with Crippen molar-refractivity contribution in [2.75, 3.05) is 13.3 Å². The molecule has 0 bridgehead atoms. The molecule has 0 aliphatic rings. The van der Waals surface area contributed by atoms with E-state index in [4.69, 9.17) is 16.2 Å². The van der Waals surface area contributed by atoms with Gasteiger partial charge in [-0.15, -0.1) is 0 Å². The molecular weight excluding hydrogens is 234 g/mol. The minimum Gasteiger partial charge on any atom is -0.368 e. The molecule has 98 valence electrons. The topological polar surface area (TPSA) is 107 Å². The number of benzene rings is 1. The molecule has 1 aromatic carbocycles. The fourth-order valence-corrected chi connectivity index (χ4v) is 1.37. The molecule has 0 radical (unpaired) electrons. The van der Waals surface area contributed by atoms with E-state index in [9.17, 15) is 9.59 Å². The largest absolute Gasteiger partial charge is 0.368 e. The second kappa shape index (κ2) is 7.41. The van der Waals surface area contributed by atoms with Crippen molar-refractivity contribution in [3.05, 3.63) is 35.9 Å². The third-order valence-corrected chi connectivity index (χ3v) is 2.23. The number of primary amides is 1. The highest BCUT2D eigenvalue weighted by molar-refractivity contribution is 5.81. The third kappa shape index (κ3) is 5.42. The Morgan fingerprint density at radius 1 is 1.28 bits per heavy atom. The van der Waals surface area contributed by atoms with Crippen molar-refractivity contribution in [2.45, 2.75) is 12.5 Å². The van der Waals surface area contributed by atoms with Crippen LogP contribution in [-0.2, 0) is 20.7 Å². The molecule has 0 spiro atoms. The third-order valence-electron chi connectivity index (χ3n) is 2.23. The number of carbonyl (C=O) groups excluding carboxylic acids is 2. The van der Waals surface area contributed by atoms with E-state index >= 15 is 0 Å². The zero-order chi connectivity index (χ0) is 13.4. The Morgan fingerprint density at radius 3 is 2.56 bits per heavy atom. The maximum Gasteiger partial charge on any atom is 0.243 e. The Kier molecular flexibility index (Phi) is 5.83. The molecule has 0 aliphatic heterocycles. The molecule has 2 amide bonds. The van der Waals surface area contributed by atoms with Crippen LogP contribution in [0.2, 0.25) is 0 Å². The van der Waals surface area contributed by atoms with E-state index < -0.39 is 11.9 Å². The Bertz CT molecular complexity index is 395. The van der Waals surface area contributed by atoms with Gasteiger partial charge < -0.3 is 21.5 Å². The molecule has 1 rings (SSSR count). The maximum atomic E-state index is 11.6. The second-order valence-corrected chi connectivity index (χ2v) is 3.80. The Labute approximate surface area is 105 Å². The van der Waals surface area contributed by atoms with Gasteiger partial charge in [-0.25, -0.2) is 0 Å². The van der Waals surface area contributed by atoms with Gasteiger partial charge in [0.1, 0.15) is 13.3 Å². The zero-order valence-electron chi connectivity index (χ0n) is 9.96. The van der Waals surface area contributed by atoms with Crippen molar-refractivity contribution in [3.8, 4) is 0 Å². The first kappa shape index (κ1) is 14.1. The highest BCUT2D eigenvalue weighted by atomic mass is 16.5. The maximum absolute atomic E-state index is 11.6. The molecule has 1 unspecified atom stereocenters. The molecule has 0 saturated carbocycles. The fraction of sp³-hybridized carbons (Fsp3) is 0.333. The molecule has 0 saturated heterocycles. The molecule has 5 N–H and O–H groups in total. The molecular formula is C12H17N3O3. The number of carbonyl (C=O) groups is 2. The molecule has 18 heavy (non-hydrogen) atoms. The normalized spacial score (nSPS) is 11.8. The summed E-state index contributed by atoms with van der Waals surface area (Å²) in [4.78, 5) is 21.9. The number of nitrogens with two attached hydrogens (primary N) is 2. The van der Waals surface area contributed by atoms with Gasteiger partial charge in [0.25, 0.3) is 0 Å². The lowest BCUT2D eigenvalue weighted by molar-refractivity contribution is -0.127. The minimum absolute atomic E-state index is 0.0791. The molecule has 1 atom stereocenters. The SMILES string of the molecule is NC(=O)COCNC(=O)C(N)Cc1ccccc1. The molecule has 0 aromatic heterocycles. The Morgan fingerprint density at radius 2 is 1.94 bits per heavy atom. The van der Waals surface area contributed by atoms with E-state index in [2.05, 4.69) is 5.32 Å². The summed E-state index contributed by atoms with van der Waals surface area (Å²) in [7, 11) is 0. The van der Waals surface area contributed by atoms with E-state index in [1.54, 1.807) is 0 Å². The van der Waals surface area contributed by atoms with Crippen molar-refractivity contribution in [2.24, 2.45) is 11.5 Å². The van der Waals surface area contributed by atoms with Crippen molar-refractivity contribution in [3.63, 3.8) is 0 Å². The van der Waals surface area contributed by atoms with E-state index in [0.717, 1.165) is 5.56 Å². The number of nitrogens with one attached hydrogen (secondary N) is 1. The summed E-state index contributed by atoms with van der Waals surface area (Å²) in [6, 6.07) is 8.82. The Balaban J connectivity index is 2.27. The van der Waals surface area contributed by atoms with Crippen LogP contribution in [0.15, 0.2) is 30.3 Å². The lowest BCUT2D eigenvalue weighted by Gasteiger charge is -2.12. The van der Waals surface area contributed by atoms with Crippen LogP contribution in [0.3, 0.4) is 0 Å². The standard InChI is InChI=1S/C12H17N3O3/c13-10(6-9-4-2-1-3-5-9)12(17)15-8-18-7-11(14)16/h1-5,10H,6-8,13H2,(H2,14,16)(H,15,17). The summed E-state index contributed by atoms with van der Waals surface area (Å²) >= 11 is 0. The van der Waals surface area contributed by atoms with Crippen molar-refractivity contribution in [1.29, 1.82) is 0 Å². The van der Waals surface area contributed by atoms with Crippen LogP contribution in [0, 0.1) is 0 Å². The molecule has 6 heteroatoms. The van der Waals surface area contributed by atoms with E-state index in [1.165, 1.54) is 0 Å². The molecule has 0 heterocycles. The van der Waals surface area contributed by atoms with Crippen LogP contribution in [0.4, 0.5) is 0 Å². The molecule has 1 aromatic rings. The average Bonchev–Trinajstić information content (AvgIpc) is 2.35. The predicted octanol–water partition coefficient (Wildman–Crippen LogP) is -0.868. The van der Waals surface area contributed by atoms with E-state index in [0.29, 0.717) is 6.42 Å². The summed E-state index contributed by atoms with van der Waals surface area (Å²) in [6.07, 6.45) is 0.447. The smallest absolute Gasteiger partial charge is 0.243 e. The summed E-state index contributed by atoms with van der Waals surface area (Å²) in [5.74, 6) is -0.916. The van der Waals surface area contributed by atoms with Crippen molar-refractivity contribution in [1.82, 2.24) is 5.32 Å². The van der Waals surface area contributed by atoms with Crippen LogP contribution < -0.4 is 16.8 Å². The van der Waals surface area contributed by atoms with Gasteiger partial charge in [0.2, 0.25) is 11.8 Å². The molecule has 0 fully saturated rings. The van der Waals surface area contributed by atoms with E-state index in [-0.39, 0.29) is 19.2 Å². The first-order valence-corrected chi connectivity index (χ1v) is 5.53. The van der Waals surface area contributed by atoms with Crippen LogP contribution in [0.25, 0.3) is 0 Å². The lowest BCUT2D eigenvalue weighted by atomic mass is 10.1. The summed E-state index contributed by atoms with van der Waals surface area (Å²) in [5.41, 5.74) is 11.6. The van der Waals surface area contributed by atoms with Gasteiger partial charge in [-0.1, -0.05) is 30.3 Å². The second-order valence-electron chi connectivity index (χ2n) is 3.80. The molecule has 6 nitrogen and oxygen atoms in total. The van der Waals surface area contributed by atoms with Gasteiger partial charge in [-0.3, -0.25) is 9.59 Å². The zero-order valence-corrected chi connectivity index (χ0v) is 9.96. The highest BCUT2D eigenvalue weighted by Crippen LogP contribution is 2.01. The van der Waals surface area contributed by atoms with Crippen molar-refractivity contribution < 1.29 is 14.3 Å². The van der Waals surface area contributed by atoms with E-state index in [1.807, 2.05) is 30.3 Å². The fourth-order valence-electron chi connectivity index (χ4n) is 1.37. The van der Waals surface area contributed by atoms with Gasteiger partial charge in [0.15, 0.2) is 0 Å². The number of amides is 2. The number of hydrogen-bond acceptors (Lipinski definition) is 4. The highest BCUT2D eigenvalue weighted by Gasteiger charge is 2.13. The summed E-state index contributed by atoms with van der Waals surface area (Å²) < 4.78 is 4.80. The van der Waals surface area contributed by atoms with Crippen LogP contribution >= 0.6 is 0 Å². The summed E-state index contributed by atoms with van der Waals surface area (Å²) in [6.45, 7) is -0.307. The van der Waals surface area contributed by atoms with Gasteiger partial charge in [-0.05, 0) is 12.0 Å². The lowest BCUT2D eigenvalue weighted by Crippen LogP contribution is -2.43. The number of rotatable bonds is 7. The first-order chi connectivity index (χ1) is 8.59. The summed E-state index contributed by atoms with van der Waals surface area (Å²) in [5, 5.41) is 2.46. The first-order valence-electron chi connectivity index (χ1n) is 5.53. The average molecular weight is 251 g/mol. The molecule has 0 aliphatic carbocycles. The Hall–Kier alpha value is -1.92. The van der Waals surface area contributed by atoms with Crippen LogP contribution in [0.1, 0.15) is 5.56 Å². The quantitative estimate of drug-likeness (QED) is 0.432. The minimum atomic E-state index is -0.649. The van der Waals surface area contributed by atoms with Gasteiger partial charge in [-0.2, -0.15) is 0 Å². The van der Waals surface area contributed by atoms with Crippen LogP contribution in [-0.4, -0.2) is 31.2 Å². The van der Waals surface area contributed by atoms with Gasteiger partial charge in [0, 0.05) is 0 Å². The number of ether oxygens (including phenoxy) is 1. The van der Waals surface area contributed by atoms with Crippen molar-refractivity contribution >= 4 is 11.8 Å². The number of hydrogen-bond donors (Lipinski definition) is 3.